The van der Waals surface area contributed by atoms with Crippen LogP contribution in [0.2, 0.25) is 0 Å². The summed E-state index contributed by atoms with van der Waals surface area (Å²) in [5.41, 5.74) is 1.99. The molecule has 0 saturated carbocycles. The van der Waals surface area contributed by atoms with Crippen LogP contribution in [0.3, 0.4) is 0 Å². The first-order chi connectivity index (χ1) is 9.13. The minimum atomic E-state index is 0.166. The van der Waals surface area contributed by atoms with E-state index in [1.54, 1.807) is 0 Å². The Bertz CT molecular complexity index is 417. The molecule has 4 nitrogen and oxygen atoms in total. The van der Waals surface area contributed by atoms with Crippen molar-refractivity contribution in [2.45, 2.75) is 32.4 Å². The van der Waals surface area contributed by atoms with E-state index in [4.69, 9.17) is 4.74 Å². The number of nitrogens with zero attached hydrogens (tertiary/aromatic N) is 1. The fourth-order valence-electron chi connectivity index (χ4n) is 2.57. The van der Waals surface area contributed by atoms with Crippen molar-refractivity contribution in [2.75, 3.05) is 31.7 Å². The van der Waals surface area contributed by atoms with Gasteiger partial charge < -0.3 is 20.1 Å². The molecular weight excluding hydrogens is 240 g/mol. The van der Waals surface area contributed by atoms with E-state index in [0.717, 1.165) is 37.4 Å². The number of hydrogen-bond acceptors (Lipinski definition) is 4. The van der Waals surface area contributed by atoms with E-state index < -0.39 is 0 Å². The van der Waals surface area contributed by atoms with E-state index in [0.29, 0.717) is 11.8 Å². The Labute approximate surface area is 115 Å². The first-order valence-corrected chi connectivity index (χ1v) is 7.00. The van der Waals surface area contributed by atoms with Gasteiger partial charge in [0, 0.05) is 37.0 Å². The molecular formula is C15H24N2O2. The number of rotatable bonds is 5. The molecule has 19 heavy (non-hydrogen) atoms. The molecule has 1 aliphatic rings. The molecule has 0 bridgehead atoms. The van der Waals surface area contributed by atoms with Crippen LogP contribution in [0, 0.1) is 0 Å². The van der Waals surface area contributed by atoms with Crippen LogP contribution in [0.4, 0.5) is 5.69 Å². The number of phenolic OH excluding ortho intramolecular Hbond substituents is 1. The first-order valence-electron chi connectivity index (χ1n) is 7.00. The number of ether oxygens (including phenoxy) is 1. The molecule has 2 atom stereocenters. The van der Waals surface area contributed by atoms with Gasteiger partial charge in [-0.3, -0.25) is 0 Å². The van der Waals surface area contributed by atoms with Crippen molar-refractivity contribution in [3.8, 4) is 5.75 Å². The van der Waals surface area contributed by atoms with Crippen molar-refractivity contribution in [1.29, 1.82) is 0 Å². The summed E-state index contributed by atoms with van der Waals surface area (Å²) in [7, 11) is 2.06. The highest BCUT2D eigenvalue weighted by molar-refractivity contribution is 5.54. The van der Waals surface area contributed by atoms with Crippen LogP contribution >= 0.6 is 0 Å². The third-order valence-electron chi connectivity index (χ3n) is 3.85. The third-order valence-corrected chi connectivity index (χ3v) is 3.85. The van der Waals surface area contributed by atoms with Crippen LogP contribution in [0.25, 0.3) is 0 Å². The number of phenols is 1. The van der Waals surface area contributed by atoms with Crippen LogP contribution in [-0.2, 0) is 4.74 Å². The number of hydrogen-bond donors (Lipinski definition) is 2. The van der Waals surface area contributed by atoms with E-state index in [2.05, 4.69) is 37.2 Å². The summed E-state index contributed by atoms with van der Waals surface area (Å²) in [5, 5.41) is 13.5. The third kappa shape index (κ3) is 3.19. The predicted molar refractivity (Wildman–Crippen MR) is 77.8 cm³/mol. The van der Waals surface area contributed by atoms with Gasteiger partial charge in [0.1, 0.15) is 5.75 Å². The van der Waals surface area contributed by atoms with E-state index in [1.807, 2.05) is 12.1 Å². The first kappa shape index (κ1) is 14.2. The molecule has 1 aromatic rings. The monoisotopic (exact) mass is 264 g/mol. The van der Waals surface area contributed by atoms with Gasteiger partial charge in [-0.15, -0.1) is 0 Å². The molecule has 106 valence electrons. The molecule has 1 saturated heterocycles. The number of benzene rings is 1. The van der Waals surface area contributed by atoms with Gasteiger partial charge in [-0.2, -0.15) is 0 Å². The van der Waals surface area contributed by atoms with Crippen LogP contribution in [-0.4, -0.2) is 38.0 Å². The summed E-state index contributed by atoms with van der Waals surface area (Å²) >= 11 is 0. The molecule has 1 heterocycles. The zero-order chi connectivity index (χ0) is 13.8. The second kappa shape index (κ2) is 6.26. The summed E-state index contributed by atoms with van der Waals surface area (Å²) in [5.74, 6) is 0.358. The quantitative estimate of drug-likeness (QED) is 0.856. The van der Waals surface area contributed by atoms with Gasteiger partial charge in [-0.05, 0) is 26.0 Å². The maximum absolute atomic E-state index is 10.2. The second-order valence-corrected chi connectivity index (χ2v) is 5.15. The minimum Gasteiger partial charge on any atom is -0.508 e. The number of nitrogens with one attached hydrogen (secondary N) is 1. The predicted octanol–water partition coefficient (Wildman–Crippen LogP) is 2.29. The molecule has 0 aliphatic carbocycles. The van der Waals surface area contributed by atoms with Crippen LogP contribution in [0.5, 0.6) is 5.75 Å². The fourth-order valence-corrected chi connectivity index (χ4v) is 2.57. The zero-order valence-electron chi connectivity index (χ0n) is 12.0. The number of anilines is 1. The van der Waals surface area contributed by atoms with Gasteiger partial charge in [-0.25, -0.2) is 0 Å². The summed E-state index contributed by atoms with van der Waals surface area (Å²) in [6.45, 7) is 6.62. The largest absolute Gasteiger partial charge is 0.508 e. The lowest BCUT2D eigenvalue weighted by molar-refractivity contribution is 0.193. The highest BCUT2D eigenvalue weighted by Crippen LogP contribution is 2.30. The number of likely N-dealkylation sites (N-methyl/N-ethyl adjacent to an activating group) is 1. The maximum atomic E-state index is 10.2. The average Bonchev–Trinajstić information content (AvgIpc) is 2.91. The van der Waals surface area contributed by atoms with Crippen molar-refractivity contribution >= 4 is 5.69 Å². The normalized spacial score (nSPS) is 20.5. The minimum absolute atomic E-state index is 0.166. The molecule has 2 rings (SSSR count). The smallest absolute Gasteiger partial charge is 0.122 e. The Kier molecular flexibility index (Phi) is 4.66. The Morgan fingerprint density at radius 1 is 1.53 bits per heavy atom. The highest BCUT2D eigenvalue weighted by Gasteiger charge is 2.21. The summed E-state index contributed by atoms with van der Waals surface area (Å²) in [6, 6.07) is 6.50. The molecule has 0 radical (unpaired) electrons. The van der Waals surface area contributed by atoms with Gasteiger partial charge in [0.15, 0.2) is 0 Å². The van der Waals surface area contributed by atoms with Crippen LogP contribution in [0.1, 0.15) is 31.9 Å². The molecule has 1 aromatic carbocycles. The summed E-state index contributed by atoms with van der Waals surface area (Å²) < 4.78 is 5.41. The Morgan fingerprint density at radius 2 is 2.32 bits per heavy atom. The molecule has 0 amide bonds. The lowest BCUT2D eigenvalue weighted by atomic mass is 10.1. The zero-order valence-corrected chi connectivity index (χ0v) is 12.0. The molecule has 0 spiro atoms. The molecule has 1 aliphatic heterocycles. The van der Waals surface area contributed by atoms with E-state index in [1.165, 1.54) is 0 Å². The van der Waals surface area contributed by atoms with Gasteiger partial charge in [0.25, 0.3) is 0 Å². The molecule has 4 heteroatoms. The summed E-state index contributed by atoms with van der Waals surface area (Å²) in [4.78, 5) is 2.19. The molecule has 2 N–H and O–H groups in total. The topological polar surface area (TPSA) is 44.7 Å². The van der Waals surface area contributed by atoms with Crippen molar-refractivity contribution < 1.29 is 9.84 Å². The fraction of sp³-hybridized carbons (Fsp3) is 0.600. The van der Waals surface area contributed by atoms with Crippen molar-refractivity contribution in [2.24, 2.45) is 0 Å². The Balaban J connectivity index is 2.13. The van der Waals surface area contributed by atoms with Gasteiger partial charge in [-0.1, -0.05) is 13.0 Å². The number of aromatic hydroxyl groups is 1. The molecule has 1 fully saturated rings. The highest BCUT2D eigenvalue weighted by atomic mass is 16.5. The van der Waals surface area contributed by atoms with Crippen LogP contribution in [0.15, 0.2) is 18.2 Å². The summed E-state index contributed by atoms with van der Waals surface area (Å²) in [6.07, 6.45) is 1.05. The molecule has 0 aromatic heterocycles. The standard InChI is InChI=1S/C15H24N2O2/c1-4-16-11(2)14-6-5-12(9-15(14)18)17(3)13-7-8-19-10-13/h5-6,9,11,13,16,18H,4,7-8,10H2,1-3H3. The Hall–Kier alpha value is -1.26. The van der Waals surface area contributed by atoms with E-state index >= 15 is 0 Å². The van der Waals surface area contributed by atoms with E-state index in [-0.39, 0.29) is 6.04 Å². The average molecular weight is 264 g/mol. The van der Waals surface area contributed by atoms with Gasteiger partial charge >= 0.3 is 0 Å². The lowest BCUT2D eigenvalue weighted by Gasteiger charge is -2.26. The Morgan fingerprint density at radius 3 is 2.89 bits per heavy atom. The molecule has 2 unspecified atom stereocenters. The second-order valence-electron chi connectivity index (χ2n) is 5.15. The maximum Gasteiger partial charge on any atom is 0.122 e. The van der Waals surface area contributed by atoms with E-state index in [9.17, 15) is 5.11 Å². The van der Waals surface area contributed by atoms with Gasteiger partial charge in [0.2, 0.25) is 0 Å². The lowest BCUT2D eigenvalue weighted by Crippen LogP contribution is -2.31. The van der Waals surface area contributed by atoms with Crippen molar-refractivity contribution in [1.82, 2.24) is 5.32 Å². The van der Waals surface area contributed by atoms with Crippen LogP contribution < -0.4 is 10.2 Å². The SMILES string of the molecule is CCNC(C)c1ccc(N(C)C2CCOC2)cc1O. The van der Waals surface area contributed by atoms with Crippen molar-refractivity contribution in [3.63, 3.8) is 0 Å². The van der Waals surface area contributed by atoms with Crippen molar-refractivity contribution in [3.05, 3.63) is 23.8 Å². The van der Waals surface area contributed by atoms with Gasteiger partial charge in [0.05, 0.1) is 12.6 Å².